The molecule has 0 fully saturated rings. The van der Waals surface area contributed by atoms with Gasteiger partial charge in [-0.1, -0.05) is 13.8 Å². The van der Waals surface area contributed by atoms with E-state index in [2.05, 4.69) is 0 Å². The number of carboxylic acids is 2. The minimum atomic E-state index is -2.14. The third-order valence-electron chi connectivity index (χ3n) is 1.59. The number of carbonyl (C=O) groups is 2. The Balaban J connectivity index is 4.52. The Morgan fingerprint density at radius 3 is 2.00 bits per heavy atom. The highest BCUT2D eigenvalue weighted by Gasteiger charge is 2.38. The number of hydrogen-bond donors (Lipinski definition) is 3. The smallest absolute Gasteiger partial charge is 0.336 e. The zero-order valence-electron chi connectivity index (χ0n) is 7.65. The molecule has 3 N–H and O–H groups in total. The molecule has 76 valence electrons. The summed E-state index contributed by atoms with van der Waals surface area (Å²) < 4.78 is 0. The predicted octanol–water partition coefficient (Wildman–Crippen LogP) is 0.323. The van der Waals surface area contributed by atoms with Crippen molar-refractivity contribution in [1.82, 2.24) is 0 Å². The number of rotatable bonds is 5. The Bertz CT molecular complexity index is 211. The fraction of sp³-hybridized carbons (Fsp3) is 0.750. The summed E-state index contributed by atoms with van der Waals surface area (Å²) in [5, 5.41) is 26.5. The third kappa shape index (κ3) is 3.89. The first-order valence-corrected chi connectivity index (χ1v) is 3.95. The van der Waals surface area contributed by atoms with Crippen LogP contribution in [0.15, 0.2) is 0 Å². The predicted molar refractivity (Wildman–Crippen MR) is 44.3 cm³/mol. The molecule has 0 bridgehead atoms. The Morgan fingerprint density at radius 1 is 1.31 bits per heavy atom. The van der Waals surface area contributed by atoms with Gasteiger partial charge in [0.2, 0.25) is 0 Å². The zero-order valence-corrected chi connectivity index (χ0v) is 7.65. The summed E-state index contributed by atoms with van der Waals surface area (Å²) in [6.07, 6.45) is -0.824. The lowest BCUT2D eigenvalue weighted by Crippen LogP contribution is -2.41. The van der Waals surface area contributed by atoms with Crippen molar-refractivity contribution in [2.24, 2.45) is 5.92 Å². The Kier molecular flexibility index (Phi) is 3.87. The van der Waals surface area contributed by atoms with Gasteiger partial charge < -0.3 is 15.3 Å². The van der Waals surface area contributed by atoms with Gasteiger partial charge in [0.1, 0.15) is 0 Å². The highest BCUT2D eigenvalue weighted by atomic mass is 16.4. The van der Waals surface area contributed by atoms with Crippen LogP contribution in [0.4, 0.5) is 0 Å². The molecule has 0 aliphatic heterocycles. The minimum absolute atomic E-state index is 0.0609. The molecular formula is C8H14O5. The number of aliphatic hydroxyl groups is 1. The zero-order chi connectivity index (χ0) is 10.6. The molecule has 0 aliphatic carbocycles. The van der Waals surface area contributed by atoms with Crippen molar-refractivity contribution in [2.45, 2.75) is 32.3 Å². The molecule has 0 amide bonds. The fourth-order valence-corrected chi connectivity index (χ4v) is 1.16. The summed E-state index contributed by atoms with van der Waals surface area (Å²) in [4.78, 5) is 20.9. The van der Waals surface area contributed by atoms with Crippen molar-refractivity contribution in [3.63, 3.8) is 0 Å². The largest absolute Gasteiger partial charge is 0.481 e. The van der Waals surface area contributed by atoms with E-state index in [1.807, 2.05) is 0 Å². The monoisotopic (exact) mass is 190 g/mol. The normalized spacial score (nSPS) is 15.4. The quantitative estimate of drug-likeness (QED) is 0.580. The van der Waals surface area contributed by atoms with Gasteiger partial charge >= 0.3 is 11.9 Å². The van der Waals surface area contributed by atoms with E-state index >= 15 is 0 Å². The standard InChI is InChI=1S/C8H14O5/c1-5(2)3-8(13,7(11)12)4-6(9)10/h5,13H,3-4H2,1-2H3,(H,9,10)(H,11,12)/t8-/m0/s1. The van der Waals surface area contributed by atoms with E-state index in [1.165, 1.54) is 0 Å². The molecule has 5 nitrogen and oxygen atoms in total. The van der Waals surface area contributed by atoms with Crippen molar-refractivity contribution in [3.8, 4) is 0 Å². The van der Waals surface area contributed by atoms with Crippen LogP contribution >= 0.6 is 0 Å². The molecule has 0 saturated heterocycles. The average Bonchev–Trinajstić information content (AvgIpc) is 1.82. The highest BCUT2D eigenvalue weighted by Crippen LogP contribution is 2.21. The fourth-order valence-electron chi connectivity index (χ4n) is 1.16. The SMILES string of the molecule is CC(C)C[C@](O)(CC(=O)O)C(=O)O. The van der Waals surface area contributed by atoms with Crippen molar-refractivity contribution < 1.29 is 24.9 Å². The molecule has 1 atom stereocenters. The van der Waals surface area contributed by atoms with E-state index in [-0.39, 0.29) is 12.3 Å². The molecule has 0 aliphatic rings. The molecule has 0 aromatic carbocycles. The van der Waals surface area contributed by atoms with E-state index in [1.54, 1.807) is 13.8 Å². The molecule has 13 heavy (non-hydrogen) atoms. The van der Waals surface area contributed by atoms with E-state index in [0.29, 0.717) is 0 Å². The second-order valence-electron chi connectivity index (χ2n) is 3.51. The maximum atomic E-state index is 10.6. The lowest BCUT2D eigenvalue weighted by Gasteiger charge is -2.23. The number of carboxylic acid groups (broad SMARTS) is 2. The summed E-state index contributed by atoms with van der Waals surface area (Å²) in [5.74, 6) is -2.87. The first-order chi connectivity index (χ1) is 5.78. The van der Waals surface area contributed by atoms with Gasteiger partial charge in [-0.15, -0.1) is 0 Å². The Labute approximate surface area is 76.0 Å². The van der Waals surface area contributed by atoms with E-state index in [4.69, 9.17) is 10.2 Å². The molecule has 0 radical (unpaired) electrons. The molecule has 0 aromatic rings. The lowest BCUT2D eigenvalue weighted by molar-refractivity contribution is -0.167. The van der Waals surface area contributed by atoms with Crippen molar-refractivity contribution >= 4 is 11.9 Å². The number of hydrogen-bond acceptors (Lipinski definition) is 3. The van der Waals surface area contributed by atoms with Gasteiger partial charge in [0.15, 0.2) is 5.60 Å². The summed E-state index contributed by atoms with van der Waals surface area (Å²) in [7, 11) is 0. The van der Waals surface area contributed by atoms with Gasteiger partial charge in [0, 0.05) is 0 Å². The van der Waals surface area contributed by atoms with Crippen LogP contribution in [0.2, 0.25) is 0 Å². The van der Waals surface area contributed by atoms with Crippen LogP contribution in [0.5, 0.6) is 0 Å². The summed E-state index contributed by atoms with van der Waals surface area (Å²) in [6, 6.07) is 0. The van der Waals surface area contributed by atoms with Gasteiger partial charge in [-0.25, -0.2) is 4.79 Å². The second kappa shape index (κ2) is 4.23. The molecule has 0 saturated carbocycles. The Morgan fingerprint density at radius 2 is 1.77 bits per heavy atom. The number of aliphatic carboxylic acids is 2. The van der Waals surface area contributed by atoms with Gasteiger partial charge in [-0.05, 0) is 12.3 Å². The van der Waals surface area contributed by atoms with E-state index in [0.717, 1.165) is 0 Å². The summed E-state index contributed by atoms with van der Waals surface area (Å²) in [6.45, 7) is 3.44. The molecule has 0 rings (SSSR count). The minimum Gasteiger partial charge on any atom is -0.481 e. The van der Waals surface area contributed by atoms with Crippen LogP contribution in [0, 0.1) is 5.92 Å². The second-order valence-corrected chi connectivity index (χ2v) is 3.51. The van der Waals surface area contributed by atoms with Crippen molar-refractivity contribution in [1.29, 1.82) is 0 Å². The summed E-state index contributed by atoms with van der Waals surface area (Å²) >= 11 is 0. The van der Waals surface area contributed by atoms with E-state index in [9.17, 15) is 14.7 Å². The molecule has 0 unspecified atom stereocenters. The van der Waals surface area contributed by atoms with Crippen molar-refractivity contribution in [2.75, 3.05) is 0 Å². The topological polar surface area (TPSA) is 94.8 Å². The average molecular weight is 190 g/mol. The summed E-state index contributed by atoms with van der Waals surface area (Å²) in [5.41, 5.74) is -2.14. The first kappa shape index (κ1) is 11.9. The van der Waals surface area contributed by atoms with E-state index < -0.39 is 24.0 Å². The van der Waals surface area contributed by atoms with Crippen LogP contribution in [-0.4, -0.2) is 32.9 Å². The first-order valence-electron chi connectivity index (χ1n) is 3.95. The van der Waals surface area contributed by atoms with Crippen LogP contribution in [0.1, 0.15) is 26.7 Å². The maximum absolute atomic E-state index is 10.6. The van der Waals surface area contributed by atoms with Crippen LogP contribution < -0.4 is 0 Å². The Hall–Kier alpha value is -1.10. The lowest BCUT2D eigenvalue weighted by atomic mass is 9.89. The van der Waals surface area contributed by atoms with Gasteiger partial charge in [-0.3, -0.25) is 4.79 Å². The molecule has 5 heteroatoms. The molecular weight excluding hydrogens is 176 g/mol. The third-order valence-corrected chi connectivity index (χ3v) is 1.59. The van der Waals surface area contributed by atoms with Gasteiger partial charge in [-0.2, -0.15) is 0 Å². The van der Waals surface area contributed by atoms with Gasteiger partial charge in [0.05, 0.1) is 6.42 Å². The van der Waals surface area contributed by atoms with Gasteiger partial charge in [0.25, 0.3) is 0 Å². The van der Waals surface area contributed by atoms with Crippen molar-refractivity contribution in [3.05, 3.63) is 0 Å². The molecule has 0 aromatic heterocycles. The van der Waals surface area contributed by atoms with Crippen LogP contribution in [0.3, 0.4) is 0 Å². The molecule has 0 heterocycles. The van der Waals surface area contributed by atoms with Crippen LogP contribution in [0.25, 0.3) is 0 Å². The maximum Gasteiger partial charge on any atom is 0.336 e. The van der Waals surface area contributed by atoms with Crippen LogP contribution in [-0.2, 0) is 9.59 Å². The highest BCUT2D eigenvalue weighted by molar-refractivity contribution is 5.83. The molecule has 0 spiro atoms.